The summed E-state index contributed by atoms with van der Waals surface area (Å²) in [5.41, 5.74) is 2.33. The van der Waals surface area contributed by atoms with Gasteiger partial charge in [0.05, 0.1) is 11.3 Å². The van der Waals surface area contributed by atoms with Gasteiger partial charge in [0, 0.05) is 11.8 Å². The Morgan fingerprint density at radius 2 is 2.06 bits per heavy atom. The second-order valence-corrected chi connectivity index (χ2v) is 5.39. The Bertz CT molecular complexity index is 606. The molecular weight excluding hydrogens is 232 g/mol. The number of fused-ring (bicyclic) bond motifs is 2. The van der Waals surface area contributed by atoms with Crippen LogP contribution in [-0.4, -0.2) is 22.3 Å². The van der Waals surface area contributed by atoms with E-state index < -0.39 is 5.97 Å². The monoisotopic (exact) mass is 244 g/mol. The number of benzene rings is 1. The molecule has 4 aliphatic rings. The summed E-state index contributed by atoms with van der Waals surface area (Å²) in [5.74, 6) is 0.0610. The van der Waals surface area contributed by atoms with Gasteiger partial charge in [0.2, 0.25) is 0 Å². The Morgan fingerprint density at radius 3 is 2.83 bits per heavy atom. The number of carbonyl (C=O) groups excluding carboxylic acids is 1. The Hall–Kier alpha value is -1.97. The van der Waals surface area contributed by atoms with E-state index in [1.165, 1.54) is 6.07 Å². The van der Waals surface area contributed by atoms with Crippen molar-refractivity contribution >= 4 is 5.97 Å². The van der Waals surface area contributed by atoms with E-state index in [4.69, 9.17) is 4.74 Å². The molecule has 1 aromatic rings. The lowest BCUT2D eigenvalue weighted by Gasteiger charge is -2.55. The number of aliphatic hydroxyl groups excluding tert-OH is 1. The average Bonchev–Trinajstić information content (AvgIpc) is 2.27. The van der Waals surface area contributed by atoms with Crippen LogP contribution in [0.1, 0.15) is 35.2 Å². The maximum Gasteiger partial charge on any atom is 0.338 e. The number of hydrogen-bond donors (Lipinski definition) is 2. The van der Waals surface area contributed by atoms with Crippen LogP contribution in [-0.2, 0) is 10.2 Å². The molecule has 0 saturated heterocycles. The first-order valence-corrected chi connectivity index (χ1v) is 6.04. The van der Waals surface area contributed by atoms with Gasteiger partial charge in [-0.15, -0.1) is 0 Å². The standard InChI is InChI=1S/C14H12O4/c15-8-1-2-10-9(3-8)13(17)18-12-4-11(16)7-5-14(10,12)6-7/h1-3,12,15-16H,4-6H2/t12-/m0/s1. The van der Waals surface area contributed by atoms with Gasteiger partial charge in [-0.2, -0.15) is 0 Å². The normalized spacial score (nSPS) is 32.2. The van der Waals surface area contributed by atoms with E-state index in [1.807, 2.05) is 6.07 Å². The fraction of sp³-hybridized carbons (Fsp3) is 0.357. The Balaban J connectivity index is 1.93. The molecule has 92 valence electrons. The average molecular weight is 244 g/mol. The van der Waals surface area contributed by atoms with Crippen molar-refractivity contribution < 1.29 is 19.7 Å². The zero-order valence-electron chi connectivity index (χ0n) is 9.64. The van der Waals surface area contributed by atoms with Crippen LogP contribution in [0.4, 0.5) is 0 Å². The molecule has 1 spiro atoms. The highest BCUT2D eigenvalue weighted by Gasteiger charge is 2.58. The lowest BCUT2D eigenvalue weighted by atomic mass is 9.53. The Labute approximate surface area is 104 Å². The number of phenolic OH excluding ortho intramolecular Hbond substituents is 1. The van der Waals surface area contributed by atoms with Crippen molar-refractivity contribution in [2.24, 2.45) is 0 Å². The second kappa shape index (κ2) is 2.88. The van der Waals surface area contributed by atoms with E-state index in [1.54, 1.807) is 6.07 Å². The van der Waals surface area contributed by atoms with E-state index in [0.717, 1.165) is 24.0 Å². The molecule has 2 N–H and O–H groups in total. The molecule has 1 atom stereocenters. The summed E-state index contributed by atoms with van der Waals surface area (Å²) in [5, 5.41) is 19.3. The number of carbonyl (C=O) groups is 1. The van der Waals surface area contributed by atoms with E-state index in [0.29, 0.717) is 17.7 Å². The van der Waals surface area contributed by atoms with Gasteiger partial charge in [-0.1, -0.05) is 6.07 Å². The first-order chi connectivity index (χ1) is 8.60. The molecule has 1 heterocycles. The van der Waals surface area contributed by atoms with Crippen LogP contribution in [0.5, 0.6) is 5.75 Å². The fourth-order valence-corrected chi connectivity index (χ4v) is 3.50. The molecule has 1 aromatic carbocycles. The molecule has 5 rings (SSSR count). The highest BCUT2D eigenvalue weighted by molar-refractivity contribution is 5.94. The summed E-state index contributed by atoms with van der Waals surface area (Å²) in [4.78, 5) is 11.9. The lowest BCUT2D eigenvalue weighted by Crippen LogP contribution is -2.55. The third kappa shape index (κ3) is 0.991. The first-order valence-electron chi connectivity index (χ1n) is 6.04. The molecule has 0 unspecified atom stereocenters. The van der Waals surface area contributed by atoms with E-state index in [2.05, 4.69) is 0 Å². The zero-order valence-corrected chi connectivity index (χ0v) is 9.64. The third-order valence-electron chi connectivity index (χ3n) is 4.47. The smallest absolute Gasteiger partial charge is 0.338 e. The predicted molar refractivity (Wildman–Crippen MR) is 62.5 cm³/mol. The Kier molecular flexibility index (Phi) is 1.60. The van der Waals surface area contributed by atoms with Gasteiger partial charge in [-0.3, -0.25) is 0 Å². The minimum Gasteiger partial charge on any atom is -0.512 e. The molecule has 0 amide bonds. The summed E-state index contributed by atoms with van der Waals surface area (Å²) < 4.78 is 5.44. The van der Waals surface area contributed by atoms with Crippen molar-refractivity contribution in [1.29, 1.82) is 0 Å². The molecule has 1 saturated carbocycles. The molecule has 1 aliphatic heterocycles. The highest BCUT2D eigenvalue weighted by atomic mass is 16.5. The number of rotatable bonds is 0. The summed E-state index contributed by atoms with van der Waals surface area (Å²) in [6.45, 7) is 0. The van der Waals surface area contributed by atoms with Gasteiger partial charge in [0.1, 0.15) is 11.9 Å². The van der Waals surface area contributed by atoms with Gasteiger partial charge >= 0.3 is 5.97 Å². The quantitative estimate of drug-likeness (QED) is 0.686. The van der Waals surface area contributed by atoms with Crippen molar-refractivity contribution in [3.05, 3.63) is 40.7 Å². The van der Waals surface area contributed by atoms with E-state index >= 15 is 0 Å². The van der Waals surface area contributed by atoms with Crippen molar-refractivity contribution in [1.82, 2.24) is 0 Å². The number of hydrogen-bond acceptors (Lipinski definition) is 4. The van der Waals surface area contributed by atoms with Gasteiger partial charge in [0.15, 0.2) is 0 Å². The lowest BCUT2D eigenvalue weighted by molar-refractivity contribution is -0.0287. The number of esters is 1. The molecule has 0 radical (unpaired) electrons. The van der Waals surface area contributed by atoms with Crippen molar-refractivity contribution in [3.8, 4) is 5.75 Å². The largest absolute Gasteiger partial charge is 0.512 e. The molecule has 3 aliphatic carbocycles. The highest BCUT2D eigenvalue weighted by Crippen LogP contribution is 2.59. The molecular formula is C14H12O4. The zero-order chi connectivity index (χ0) is 12.5. The maximum absolute atomic E-state index is 11.9. The van der Waals surface area contributed by atoms with Gasteiger partial charge in [0.25, 0.3) is 0 Å². The van der Waals surface area contributed by atoms with Crippen LogP contribution in [0.15, 0.2) is 29.5 Å². The molecule has 4 nitrogen and oxygen atoms in total. The fourth-order valence-electron chi connectivity index (χ4n) is 3.50. The number of phenols is 1. The SMILES string of the molecule is O=C1O[C@H]2CC(O)=C3CC2(C3)c2ccc(O)cc21. The summed E-state index contributed by atoms with van der Waals surface area (Å²) in [7, 11) is 0. The molecule has 1 fully saturated rings. The second-order valence-electron chi connectivity index (χ2n) is 5.39. The van der Waals surface area contributed by atoms with Crippen LogP contribution >= 0.6 is 0 Å². The van der Waals surface area contributed by atoms with Crippen LogP contribution in [0.3, 0.4) is 0 Å². The predicted octanol–water partition coefficient (Wildman–Crippen LogP) is 2.18. The van der Waals surface area contributed by atoms with Gasteiger partial charge in [-0.25, -0.2) is 4.79 Å². The van der Waals surface area contributed by atoms with Crippen molar-refractivity contribution in [3.63, 3.8) is 0 Å². The Morgan fingerprint density at radius 1 is 1.28 bits per heavy atom. The number of aromatic hydroxyl groups is 1. The third-order valence-corrected chi connectivity index (χ3v) is 4.47. The van der Waals surface area contributed by atoms with Crippen LogP contribution in [0.25, 0.3) is 0 Å². The van der Waals surface area contributed by atoms with Gasteiger partial charge < -0.3 is 14.9 Å². The summed E-state index contributed by atoms with van der Waals surface area (Å²) in [6.07, 6.45) is 1.67. The van der Waals surface area contributed by atoms with Crippen LogP contribution < -0.4 is 0 Å². The molecule has 18 heavy (non-hydrogen) atoms. The number of ether oxygens (including phenoxy) is 1. The number of aliphatic hydroxyl groups is 1. The van der Waals surface area contributed by atoms with Crippen molar-refractivity contribution in [2.75, 3.05) is 0 Å². The van der Waals surface area contributed by atoms with Gasteiger partial charge in [-0.05, 0) is 36.1 Å². The minimum atomic E-state index is -0.403. The molecule has 0 aromatic heterocycles. The number of allylic oxidation sites excluding steroid dienone is 1. The summed E-state index contributed by atoms with van der Waals surface area (Å²) >= 11 is 0. The molecule has 2 bridgehead atoms. The first kappa shape index (κ1) is 10.00. The maximum atomic E-state index is 11.9. The minimum absolute atomic E-state index is 0.0781. The van der Waals surface area contributed by atoms with E-state index in [9.17, 15) is 15.0 Å². The molecule has 4 heteroatoms. The topological polar surface area (TPSA) is 66.8 Å². The van der Waals surface area contributed by atoms with Crippen LogP contribution in [0.2, 0.25) is 0 Å². The van der Waals surface area contributed by atoms with Crippen LogP contribution in [0, 0.1) is 0 Å². The van der Waals surface area contributed by atoms with E-state index in [-0.39, 0.29) is 17.3 Å². The van der Waals surface area contributed by atoms with Crippen molar-refractivity contribution in [2.45, 2.75) is 30.8 Å². The summed E-state index contributed by atoms with van der Waals surface area (Å²) in [6, 6.07) is 4.90.